The van der Waals surface area contributed by atoms with Gasteiger partial charge in [0, 0.05) is 12.5 Å². The number of benzene rings is 1. The minimum atomic E-state index is -1.47. The summed E-state index contributed by atoms with van der Waals surface area (Å²) in [5, 5.41) is 10.1. The van der Waals surface area contributed by atoms with E-state index in [1.54, 1.807) is 6.07 Å². The van der Waals surface area contributed by atoms with Crippen LogP contribution < -0.4 is 15.1 Å². The van der Waals surface area contributed by atoms with E-state index in [0.717, 1.165) is 0 Å². The van der Waals surface area contributed by atoms with E-state index in [4.69, 9.17) is 18.6 Å². The number of methoxy groups -OCH3 is 1. The molecule has 2 aromatic rings. The van der Waals surface area contributed by atoms with E-state index in [9.17, 15) is 14.7 Å². The van der Waals surface area contributed by atoms with Crippen molar-refractivity contribution in [3.8, 4) is 11.5 Å². The van der Waals surface area contributed by atoms with Crippen molar-refractivity contribution in [1.29, 1.82) is 0 Å². The summed E-state index contributed by atoms with van der Waals surface area (Å²) in [6.07, 6.45) is 3.50. The normalized spacial score (nSPS) is 18.9. The second kappa shape index (κ2) is 4.85. The minimum Gasteiger partial charge on any atom is -0.496 e. The van der Waals surface area contributed by atoms with Crippen LogP contribution in [0, 0.1) is 0 Å². The van der Waals surface area contributed by atoms with Crippen molar-refractivity contribution in [2.24, 2.45) is 0 Å². The third kappa shape index (κ3) is 1.93. The van der Waals surface area contributed by atoms with Gasteiger partial charge in [0.1, 0.15) is 17.1 Å². The highest BCUT2D eigenvalue weighted by Crippen LogP contribution is 2.41. The van der Waals surface area contributed by atoms with Crippen molar-refractivity contribution in [3.63, 3.8) is 0 Å². The van der Waals surface area contributed by atoms with Crippen LogP contribution in [0.5, 0.6) is 11.5 Å². The van der Waals surface area contributed by atoms with Crippen molar-refractivity contribution < 1.29 is 28.5 Å². The third-order valence-electron chi connectivity index (χ3n) is 4.01. The zero-order valence-corrected chi connectivity index (χ0v) is 12.1. The van der Waals surface area contributed by atoms with Gasteiger partial charge in [0.15, 0.2) is 11.4 Å². The molecule has 0 saturated carbocycles. The van der Waals surface area contributed by atoms with Crippen LogP contribution in [0.15, 0.2) is 21.5 Å². The molecule has 1 aromatic carbocycles. The fraction of sp³-hybridized carbons (Fsp3) is 0.250. The van der Waals surface area contributed by atoms with Crippen LogP contribution >= 0.6 is 0 Å². The van der Waals surface area contributed by atoms with Crippen LogP contribution in [-0.4, -0.2) is 24.5 Å². The Balaban J connectivity index is 2.15. The molecule has 2 aliphatic rings. The maximum absolute atomic E-state index is 12.2. The average Bonchev–Trinajstić information content (AvgIpc) is 2.80. The predicted molar refractivity (Wildman–Crippen MR) is 78.4 cm³/mol. The Morgan fingerprint density at radius 2 is 2.13 bits per heavy atom. The van der Waals surface area contributed by atoms with Gasteiger partial charge < -0.3 is 23.7 Å². The fourth-order valence-electron chi connectivity index (χ4n) is 3.03. The topological polar surface area (TPSA) is 95.2 Å². The lowest BCUT2D eigenvalue weighted by Crippen LogP contribution is -2.16. The number of carbonyl (C=O) groups is 1. The summed E-state index contributed by atoms with van der Waals surface area (Å²) in [6, 6.07) is 1.57. The first kappa shape index (κ1) is 13.8. The van der Waals surface area contributed by atoms with Gasteiger partial charge in [0.2, 0.25) is 0 Å². The summed E-state index contributed by atoms with van der Waals surface area (Å²) in [4.78, 5) is 24.1. The Kier molecular flexibility index (Phi) is 2.92. The number of fused-ring (bicyclic) bond motifs is 5. The van der Waals surface area contributed by atoms with Crippen molar-refractivity contribution >= 4 is 22.8 Å². The summed E-state index contributed by atoms with van der Waals surface area (Å²) in [5.74, 6) is 0.428. The SMILES string of the molecule is COc1cc2c(c3oc(=O)c4c(c13)CCC4=O)C=COC(O)O2. The Morgan fingerprint density at radius 3 is 2.91 bits per heavy atom. The fourth-order valence-corrected chi connectivity index (χ4v) is 3.03. The molecule has 118 valence electrons. The van der Waals surface area contributed by atoms with Gasteiger partial charge in [-0.3, -0.25) is 4.79 Å². The van der Waals surface area contributed by atoms with Crippen LogP contribution in [0.25, 0.3) is 17.0 Å². The zero-order chi connectivity index (χ0) is 16.1. The van der Waals surface area contributed by atoms with Crippen LogP contribution in [0.3, 0.4) is 0 Å². The van der Waals surface area contributed by atoms with Gasteiger partial charge in [-0.25, -0.2) is 4.79 Å². The van der Waals surface area contributed by atoms with Gasteiger partial charge in [0.05, 0.1) is 24.3 Å². The predicted octanol–water partition coefficient (Wildman–Crippen LogP) is 1.59. The van der Waals surface area contributed by atoms with Gasteiger partial charge in [-0.15, -0.1) is 0 Å². The summed E-state index contributed by atoms with van der Waals surface area (Å²) < 4.78 is 20.9. The smallest absolute Gasteiger partial charge is 0.357 e. The van der Waals surface area contributed by atoms with Crippen LogP contribution in [0.1, 0.15) is 27.9 Å². The van der Waals surface area contributed by atoms with Crippen LogP contribution in [0.4, 0.5) is 0 Å². The molecule has 0 bridgehead atoms. The molecular formula is C16H12O7. The summed E-state index contributed by atoms with van der Waals surface area (Å²) in [6.45, 7) is -1.47. The standard InChI is InChI=1S/C16H12O7/c1-20-11-6-10-7(4-5-21-16(19)22-10)14-13(11)8-2-3-9(17)12(8)15(18)23-14/h4-6,16,19H,2-3H2,1H3. The third-order valence-corrected chi connectivity index (χ3v) is 4.01. The van der Waals surface area contributed by atoms with Crippen molar-refractivity contribution in [2.75, 3.05) is 7.11 Å². The number of aliphatic hydroxyl groups excluding tert-OH is 1. The van der Waals surface area contributed by atoms with Gasteiger partial charge in [-0.1, -0.05) is 0 Å². The molecule has 0 spiro atoms. The molecule has 1 aliphatic carbocycles. The first-order valence-corrected chi connectivity index (χ1v) is 7.00. The van der Waals surface area contributed by atoms with Crippen LogP contribution in [0.2, 0.25) is 0 Å². The van der Waals surface area contributed by atoms with Crippen molar-refractivity contribution in [2.45, 2.75) is 19.3 Å². The number of Topliss-reactive ketones (excluding diaryl/α,β-unsaturated/α-hetero) is 1. The molecule has 1 N–H and O–H groups in total. The summed E-state index contributed by atoms with van der Waals surface area (Å²) >= 11 is 0. The zero-order valence-electron chi connectivity index (χ0n) is 12.1. The van der Waals surface area contributed by atoms with Crippen molar-refractivity contribution in [1.82, 2.24) is 0 Å². The molecule has 0 saturated heterocycles. The lowest BCUT2D eigenvalue weighted by molar-refractivity contribution is -0.182. The molecule has 1 atom stereocenters. The number of ketones is 1. The maximum Gasteiger partial charge on any atom is 0.357 e. The molecule has 23 heavy (non-hydrogen) atoms. The number of rotatable bonds is 1. The molecule has 2 heterocycles. The molecule has 7 heteroatoms. The Bertz CT molecular complexity index is 922. The molecule has 4 rings (SSSR count). The van der Waals surface area contributed by atoms with E-state index in [2.05, 4.69) is 0 Å². The molecule has 1 unspecified atom stereocenters. The molecule has 0 amide bonds. The molecule has 0 fully saturated rings. The minimum absolute atomic E-state index is 0.0885. The van der Waals surface area contributed by atoms with Gasteiger partial charge in [-0.05, 0) is 18.1 Å². The largest absolute Gasteiger partial charge is 0.496 e. The lowest BCUT2D eigenvalue weighted by Gasteiger charge is -2.15. The van der Waals surface area contributed by atoms with E-state index in [1.165, 1.54) is 19.4 Å². The number of hydrogen-bond donors (Lipinski definition) is 1. The highest BCUT2D eigenvalue weighted by atomic mass is 16.8. The van der Waals surface area contributed by atoms with Gasteiger partial charge >= 0.3 is 12.1 Å². The monoisotopic (exact) mass is 316 g/mol. The van der Waals surface area contributed by atoms with E-state index in [-0.39, 0.29) is 29.1 Å². The quantitative estimate of drug-likeness (QED) is 0.798. The second-order valence-electron chi connectivity index (χ2n) is 5.22. The molecule has 0 radical (unpaired) electrons. The number of aliphatic hydroxyl groups is 1. The Labute approximate surface area is 129 Å². The Morgan fingerprint density at radius 1 is 1.30 bits per heavy atom. The molecule has 1 aromatic heterocycles. The first-order valence-electron chi connectivity index (χ1n) is 7.00. The van der Waals surface area contributed by atoms with Crippen molar-refractivity contribution in [3.05, 3.63) is 39.4 Å². The molecule has 7 nitrogen and oxygen atoms in total. The number of hydrogen-bond acceptors (Lipinski definition) is 7. The number of ether oxygens (including phenoxy) is 3. The van der Waals surface area contributed by atoms with E-state index >= 15 is 0 Å². The number of aryl methyl sites for hydroxylation is 1. The molecule has 1 aliphatic heterocycles. The van der Waals surface area contributed by atoms with E-state index in [0.29, 0.717) is 28.7 Å². The maximum atomic E-state index is 12.2. The average molecular weight is 316 g/mol. The van der Waals surface area contributed by atoms with E-state index in [1.807, 2.05) is 0 Å². The lowest BCUT2D eigenvalue weighted by atomic mass is 10.0. The van der Waals surface area contributed by atoms with E-state index < -0.39 is 12.1 Å². The molecular weight excluding hydrogens is 304 g/mol. The van der Waals surface area contributed by atoms with Gasteiger partial charge in [0.25, 0.3) is 0 Å². The Hall–Kier alpha value is -2.80. The summed E-state index contributed by atoms with van der Waals surface area (Å²) in [5.41, 5.74) is 0.721. The highest BCUT2D eigenvalue weighted by Gasteiger charge is 2.30. The second-order valence-corrected chi connectivity index (χ2v) is 5.22. The van der Waals surface area contributed by atoms with Crippen LogP contribution in [-0.2, 0) is 11.2 Å². The highest BCUT2D eigenvalue weighted by molar-refractivity contribution is 6.07. The first-order chi connectivity index (χ1) is 11.1. The number of carbonyl (C=O) groups excluding carboxylic acids is 1. The van der Waals surface area contributed by atoms with Gasteiger partial charge in [-0.2, -0.15) is 0 Å². The summed E-state index contributed by atoms with van der Waals surface area (Å²) in [7, 11) is 1.47.